The molecule has 25 heavy (non-hydrogen) atoms. The molecule has 0 amide bonds. The molecule has 2 aromatic carbocycles. The molecule has 0 spiro atoms. The number of hydrogen-bond acceptors (Lipinski definition) is 4. The summed E-state index contributed by atoms with van der Waals surface area (Å²) in [4.78, 5) is 37.5. The van der Waals surface area contributed by atoms with Crippen LogP contribution in [-0.4, -0.2) is 17.5 Å². The van der Waals surface area contributed by atoms with E-state index in [2.05, 4.69) is 15.9 Å². The highest BCUT2D eigenvalue weighted by molar-refractivity contribution is 9.10. The van der Waals surface area contributed by atoms with Crippen molar-refractivity contribution in [2.75, 3.05) is 0 Å². The Bertz CT molecular complexity index is 844. The van der Waals surface area contributed by atoms with Crippen LogP contribution in [0.1, 0.15) is 35.7 Å². The lowest BCUT2D eigenvalue weighted by atomic mass is 9.72. The van der Waals surface area contributed by atoms with E-state index in [9.17, 15) is 14.4 Å². The van der Waals surface area contributed by atoms with Gasteiger partial charge in [-0.2, -0.15) is 0 Å². The summed E-state index contributed by atoms with van der Waals surface area (Å²) in [5, 5.41) is 0. The van der Waals surface area contributed by atoms with Crippen LogP contribution in [0.15, 0.2) is 53.0 Å². The molecule has 0 bridgehead atoms. The molecule has 0 N–H and O–H groups in total. The van der Waals surface area contributed by atoms with E-state index in [1.54, 1.807) is 43.3 Å². The average molecular weight is 401 g/mol. The summed E-state index contributed by atoms with van der Waals surface area (Å²) >= 11 is 3.41. The lowest BCUT2D eigenvalue weighted by molar-refractivity contribution is -0.146. The second-order valence-electron chi connectivity index (χ2n) is 6.24. The van der Waals surface area contributed by atoms with Gasteiger partial charge in [-0.15, -0.1) is 0 Å². The van der Waals surface area contributed by atoms with E-state index in [4.69, 9.17) is 4.74 Å². The molecule has 0 saturated carbocycles. The van der Waals surface area contributed by atoms with Crippen molar-refractivity contribution >= 4 is 33.5 Å². The Morgan fingerprint density at radius 2 is 1.80 bits per heavy atom. The molecule has 1 heterocycles. The van der Waals surface area contributed by atoms with Gasteiger partial charge in [-0.1, -0.05) is 53.2 Å². The second kappa shape index (κ2) is 6.92. The molecule has 3 rings (SSSR count). The van der Waals surface area contributed by atoms with Gasteiger partial charge in [-0.3, -0.25) is 14.4 Å². The van der Waals surface area contributed by atoms with Gasteiger partial charge in [-0.25, -0.2) is 0 Å². The molecule has 0 fully saturated rings. The molecular formula is C20H17BrO4. The highest BCUT2D eigenvalue weighted by atomic mass is 79.9. The molecule has 5 heteroatoms. The Morgan fingerprint density at radius 3 is 2.44 bits per heavy atom. The van der Waals surface area contributed by atoms with Crippen LogP contribution >= 0.6 is 15.9 Å². The number of carbonyl (C=O) groups is 3. The maximum absolute atomic E-state index is 12.9. The van der Waals surface area contributed by atoms with Crippen molar-refractivity contribution < 1.29 is 19.1 Å². The van der Waals surface area contributed by atoms with E-state index in [1.165, 1.54) is 6.92 Å². The van der Waals surface area contributed by atoms with Crippen LogP contribution in [0.3, 0.4) is 0 Å². The number of hydrogen-bond donors (Lipinski definition) is 0. The zero-order valence-electron chi connectivity index (χ0n) is 13.9. The molecule has 1 aliphatic rings. The first-order valence-electron chi connectivity index (χ1n) is 8.01. The first-order chi connectivity index (χ1) is 11.9. The van der Waals surface area contributed by atoms with Crippen LogP contribution in [-0.2, 0) is 9.59 Å². The Hall–Kier alpha value is -2.27. The molecule has 0 radical (unpaired) electrons. The van der Waals surface area contributed by atoms with Crippen molar-refractivity contribution in [1.82, 2.24) is 0 Å². The summed E-state index contributed by atoms with van der Waals surface area (Å²) in [5.41, 5.74) is 1.26. The minimum Gasteiger partial charge on any atom is -0.426 e. The zero-order valence-corrected chi connectivity index (χ0v) is 15.4. The largest absolute Gasteiger partial charge is 0.426 e. The van der Waals surface area contributed by atoms with Crippen molar-refractivity contribution in [1.29, 1.82) is 0 Å². The fourth-order valence-corrected chi connectivity index (χ4v) is 3.75. The molecule has 0 unspecified atom stereocenters. The third-order valence-electron chi connectivity index (χ3n) is 4.60. The Labute approximate surface area is 154 Å². The van der Waals surface area contributed by atoms with Crippen molar-refractivity contribution in [2.45, 2.75) is 19.8 Å². The molecular weight excluding hydrogens is 384 g/mol. The number of benzene rings is 2. The van der Waals surface area contributed by atoms with E-state index in [-0.39, 0.29) is 11.6 Å². The van der Waals surface area contributed by atoms with E-state index in [0.717, 1.165) is 4.47 Å². The quantitative estimate of drug-likeness (QED) is 0.334. The van der Waals surface area contributed by atoms with Gasteiger partial charge in [0.2, 0.25) is 0 Å². The summed E-state index contributed by atoms with van der Waals surface area (Å²) in [6.07, 6.45) is 0. The van der Waals surface area contributed by atoms with E-state index in [1.807, 2.05) is 12.1 Å². The van der Waals surface area contributed by atoms with Crippen LogP contribution in [0.4, 0.5) is 0 Å². The van der Waals surface area contributed by atoms with Gasteiger partial charge in [0.25, 0.3) is 0 Å². The predicted octanol–water partition coefficient (Wildman–Crippen LogP) is 4.18. The summed E-state index contributed by atoms with van der Waals surface area (Å²) in [7, 11) is 0. The zero-order chi connectivity index (χ0) is 18.1. The standard InChI is InChI=1S/C20H17BrO4/c1-11(19(23)13-6-4-3-5-7-13)17-15-10-14(21)8-9-16(15)25-20(24)18(17)12(2)22/h3-11,17-18H,1-2H3/t11-,17+,18+/m1/s1. The SMILES string of the molecule is CC(=O)[C@@H]1C(=O)Oc2ccc(Br)cc2[C@@H]1[C@@H](C)C(=O)c1ccccc1. The monoisotopic (exact) mass is 400 g/mol. The number of ether oxygens (including phenoxy) is 1. The molecule has 3 atom stereocenters. The van der Waals surface area contributed by atoms with Crippen molar-refractivity contribution in [3.63, 3.8) is 0 Å². The summed E-state index contributed by atoms with van der Waals surface area (Å²) in [6.45, 7) is 3.13. The fraction of sp³-hybridized carbons (Fsp3) is 0.250. The van der Waals surface area contributed by atoms with Gasteiger partial charge in [0.1, 0.15) is 17.5 Å². The van der Waals surface area contributed by atoms with Crippen LogP contribution in [0.25, 0.3) is 0 Å². The Kier molecular flexibility index (Phi) is 4.86. The smallest absolute Gasteiger partial charge is 0.322 e. The van der Waals surface area contributed by atoms with E-state index >= 15 is 0 Å². The highest BCUT2D eigenvalue weighted by Crippen LogP contribution is 2.44. The first kappa shape index (κ1) is 17.5. The van der Waals surface area contributed by atoms with Crippen molar-refractivity contribution in [3.05, 3.63) is 64.1 Å². The van der Waals surface area contributed by atoms with Gasteiger partial charge in [-0.05, 0) is 25.1 Å². The minimum absolute atomic E-state index is 0.0996. The highest BCUT2D eigenvalue weighted by Gasteiger charge is 2.45. The van der Waals surface area contributed by atoms with Crippen LogP contribution in [0.5, 0.6) is 5.75 Å². The third kappa shape index (κ3) is 3.29. The van der Waals surface area contributed by atoms with E-state index < -0.39 is 23.7 Å². The second-order valence-corrected chi connectivity index (χ2v) is 7.15. The van der Waals surface area contributed by atoms with Gasteiger partial charge in [0.15, 0.2) is 5.78 Å². The van der Waals surface area contributed by atoms with Crippen LogP contribution in [0.2, 0.25) is 0 Å². The van der Waals surface area contributed by atoms with Gasteiger partial charge in [0, 0.05) is 27.4 Å². The molecule has 0 aromatic heterocycles. The molecule has 0 saturated heterocycles. The lowest BCUT2D eigenvalue weighted by Gasteiger charge is -2.34. The number of rotatable bonds is 4. The fourth-order valence-electron chi connectivity index (χ4n) is 3.38. The number of esters is 1. The topological polar surface area (TPSA) is 60.4 Å². The molecule has 2 aromatic rings. The van der Waals surface area contributed by atoms with Crippen molar-refractivity contribution in [2.24, 2.45) is 11.8 Å². The summed E-state index contributed by atoms with van der Waals surface area (Å²) in [5.74, 6) is -2.67. The van der Waals surface area contributed by atoms with Crippen LogP contribution in [0, 0.1) is 11.8 Å². The first-order valence-corrected chi connectivity index (χ1v) is 8.80. The maximum Gasteiger partial charge on any atom is 0.322 e. The molecule has 0 aliphatic carbocycles. The Balaban J connectivity index is 2.09. The molecule has 4 nitrogen and oxygen atoms in total. The number of halogens is 1. The normalized spacial score (nSPS) is 20.4. The van der Waals surface area contributed by atoms with Crippen molar-refractivity contribution in [3.8, 4) is 5.75 Å². The summed E-state index contributed by atoms with van der Waals surface area (Å²) < 4.78 is 6.14. The number of fused-ring (bicyclic) bond motifs is 1. The summed E-state index contributed by atoms with van der Waals surface area (Å²) in [6, 6.07) is 14.2. The van der Waals surface area contributed by atoms with E-state index in [0.29, 0.717) is 16.9 Å². The third-order valence-corrected chi connectivity index (χ3v) is 5.10. The average Bonchev–Trinajstić information content (AvgIpc) is 2.60. The molecule has 128 valence electrons. The minimum atomic E-state index is -0.982. The predicted molar refractivity (Wildman–Crippen MR) is 96.6 cm³/mol. The number of carbonyl (C=O) groups excluding carboxylic acids is 3. The maximum atomic E-state index is 12.9. The Morgan fingerprint density at radius 1 is 1.12 bits per heavy atom. The molecule has 1 aliphatic heterocycles. The number of ketones is 2. The van der Waals surface area contributed by atoms with Crippen LogP contribution < -0.4 is 4.74 Å². The van der Waals surface area contributed by atoms with Gasteiger partial charge >= 0.3 is 5.97 Å². The number of Topliss-reactive ketones (excluding diaryl/α,β-unsaturated/α-hetero) is 2. The lowest BCUT2D eigenvalue weighted by Crippen LogP contribution is -2.40. The van der Waals surface area contributed by atoms with Gasteiger partial charge < -0.3 is 4.74 Å². The van der Waals surface area contributed by atoms with Gasteiger partial charge in [0.05, 0.1) is 0 Å².